The van der Waals surface area contributed by atoms with Crippen molar-refractivity contribution in [2.45, 2.75) is 20.8 Å². The summed E-state index contributed by atoms with van der Waals surface area (Å²) in [7, 11) is 0. The Morgan fingerprint density at radius 1 is 1.50 bits per heavy atom. The van der Waals surface area contributed by atoms with Crippen LogP contribution in [-0.2, 0) is 9.59 Å². The van der Waals surface area contributed by atoms with Gasteiger partial charge in [-0.15, -0.1) is 0 Å². The highest BCUT2D eigenvalue weighted by Crippen LogP contribution is 2.15. The molecule has 1 heterocycles. The lowest BCUT2D eigenvalue weighted by atomic mass is 9.90. The molecule has 1 saturated heterocycles. The molecule has 0 aromatic heterocycles. The zero-order chi connectivity index (χ0) is 10.8. The molecule has 0 atom stereocenters. The van der Waals surface area contributed by atoms with Crippen molar-refractivity contribution in [2.75, 3.05) is 26.2 Å². The van der Waals surface area contributed by atoms with Crippen LogP contribution < -0.4 is 5.32 Å². The summed E-state index contributed by atoms with van der Waals surface area (Å²) in [6, 6.07) is 0. The highest BCUT2D eigenvalue weighted by Gasteiger charge is 2.25. The predicted octanol–water partition coefficient (Wildman–Crippen LogP) is 0.0334. The third-order valence-corrected chi connectivity index (χ3v) is 2.32. The number of amides is 1. The molecule has 4 nitrogen and oxygen atoms in total. The molecule has 0 aromatic carbocycles. The van der Waals surface area contributed by atoms with E-state index in [1.165, 1.54) is 0 Å². The molecule has 0 radical (unpaired) electrons. The lowest BCUT2D eigenvalue weighted by molar-refractivity contribution is -0.130. The van der Waals surface area contributed by atoms with Crippen LogP contribution in [0.3, 0.4) is 0 Å². The van der Waals surface area contributed by atoms with E-state index >= 15 is 0 Å². The first-order valence-electron chi connectivity index (χ1n) is 4.92. The van der Waals surface area contributed by atoms with Crippen LogP contribution in [0.5, 0.6) is 0 Å². The third-order valence-electron chi connectivity index (χ3n) is 2.32. The fraction of sp³-hybridized carbons (Fsp3) is 0.800. The third kappa shape index (κ3) is 3.10. The van der Waals surface area contributed by atoms with Crippen molar-refractivity contribution in [3.05, 3.63) is 0 Å². The van der Waals surface area contributed by atoms with Gasteiger partial charge in [0.15, 0.2) is 5.78 Å². The number of nitrogens with one attached hydrogen (secondary N) is 1. The molecule has 0 aromatic rings. The number of hydrogen-bond donors (Lipinski definition) is 1. The standard InChI is InChI=1S/C10H18N2O2/c1-10(2,3)8(13)6-12-5-4-11-9(14)7-12/h4-7H2,1-3H3,(H,11,14). The Morgan fingerprint density at radius 2 is 2.14 bits per heavy atom. The SMILES string of the molecule is CC(C)(C)C(=O)CN1CCNC(=O)C1. The van der Waals surface area contributed by atoms with Crippen LogP contribution in [0, 0.1) is 5.41 Å². The monoisotopic (exact) mass is 198 g/mol. The van der Waals surface area contributed by atoms with Gasteiger partial charge in [-0.3, -0.25) is 14.5 Å². The van der Waals surface area contributed by atoms with Crippen LogP contribution in [0.2, 0.25) is 0 Å². The average Bonchev–Trinajstić information content (AvgIpc) is 2.02. The summed E-state index contributed by atoms with van der Waals surface area (Å²) in [5.74, 6) is 0.199. The molecule has 0 spiro atoms. The summed E-state index contributed by atoms with van der Waals surface area (Å²) in [6.07, 6.45) is 0. The molecule has 1 aliphatic rings. The van der Waals surface area contributed by atoms with Crippen molar-refractivity contribution in [2.24, 2.45) is 5.41 Å². The quantitative estimate of drug-likeness (QED) is 0.681. The highest BCUT2D eigenvalue weighted by atomic mass is 16.2. The topological polar surface area (TPSA) is 49.4 Å². The number of hydrogen-bond acceptors (Lipinski definition) is 3. The highest BCUT2D eigenvalue weighted by molar-refractivity contribution is 5.86. The number of Topliss-reactive ketones (excluding diaryl/α,β-unsaturated/α-hetero) is 1. The van der Waals surface area contributed by atoms with E-state index in [0.29, 0.717) is 19.6 Å². The van der Waals surface area contributed by atoms with Crippen LogP contribution >= 0.6 is 0 Å². The number of carbonyl (C=O) groups is 2. The molecule has 0 saturated carbocycles. The van der Waals surface area contributed by atoms with Crippen LogP contribution in [0.4, 0.5) is 0 Å². The molecule has 1 fully saturated rings. The summed E-state index contributed by atoms with van der Waals surface area (Å²) in [6.45, 7) is 7.86. The van der Waals surface area contributed by atoms with Gasteiger partial charge in [0.25, 0.3) is 0 Å². The van der Waals surface area contributed by atoms with E-state index in [9.17, 15) is 9.59 Å². The number of nitrogens with zero attached hydrogens (tertiary/aromatic N) is 1. The molecular formula is C10H18N2O2. The Kier molecular flexibility index (Phi) is 3.26. The van der Waals surface area contributed by atoms with Crippen molar-refractivity contribution in [1.29, 1.82) is 0 Å². The van der Waals surface area contributed by atoms with E-state index in [-0.39, 0.29) is 17.1 Å². The van der Waals surface area contributed by atoms with Gasteiger partial charge < -0.3 is 5.32 Å². The average molecular weight is 198 g/mol. The lowest BCUT2D eigenvalue weighted by Gasteiger charge is -2.28. The van der Waals surface area contributed by atoms with Crippen molar-refractivity contribution in [3.8, 4) is 0 Å². The molecule has 4 heteroatoms. The van der Waals surface area contributed by atoms with E-state index in [2.05, 4.69) is 5.32 Å². The Bertz CT molecular complexity index is 243. The Hall–Kier alpha value is -0.900. The molecule has 1 N–H and O–H groups in total. The fourth-order valence-corrected chi connectivity index (χ4v) is 1.27. The Morgan fingerprint density at radius 3 is 2.64 bits per heavy atom. The van der Waals surface area contributed by atoms with E-state index in [0.717, 1.165) is 6.54 Å². The zero-order valence-corrected chi connectivity index (χ0v) is 9.09. The van der Waals surface area contributed by atoms with Gasteiger partial charge in [-0.2, -0.15) is 0 Å². The van der Waals surface area contributed by atoms with Crippen molar-refractivity contribution >= 4 is 11.7 Å². The van der Waals surface area contributed by atoms with Gasteiger partial charge in [0.1, 0.15) is 0 Å². The van der Waals surface area contributed by atoms with Gasteiger partial charge >= 0.3 is 0 Å². The maximum atomic E-state index is 11.7. The van der Waals surface area contributed by atoms with Gasteiger partial charge in [-0.1, -0.05) is 20.8 Å². The summed E-state index contributed by atoms with van der Waals surface area (Å²) in [5.41, 5.74) is -0.312. The van der Waals surface area contributed by atoms with E-state index in [1.54, 1.807) is 0 Å². The van der Waals surface area contributed by atoms with E-state index in [4.69, 9.17) is 0 Å². The minimum atomic E-state index is -0.312. The number of ketones is 1. The maximum absolute atomic E-state index is 11.7. The van der Waals surface area contributed by atoms with Crippen LogP contribution in [0.1, 0.15) is 20.8 Å². The maximum Gasteiger partial charge on any atom is 0.234 e. The molecule has 1 amide bonds. The molecule has 1 aliphatic heterocycles. The molecule has 0 unspecified atom stereocenters. The van der Waals surface area contributed by atoms with Gasteiger partial charge in [0.2, 0.25) is 5.91 Å². The smallest absolute Gasteiger partial charge is 0.234 e. The van der Waals surface area contributed by atoms with Gasteiger partial charge in [-0.25, -0.2) is 0 Å². The number of rotatable bonds is 2. The molecule has 1 rings (SSSR count). The fourth-order valence-electron chi connectivity index (χ4n) is 1.27. The molecular weight excluding hydrogens is 180 g/mol. The lowest BCUT2D eigenvalue weighted by Crippen LogP contribution is -2.50. The van der Waals surface area contributed by atoms with Gasteiger partial charge in [0, 0.05) is 18.5 Å². The van der Waals surface area contributed by atoms with Gasteiger partial charge in [0.05, 0.1) is 13.1 Å². The largest absolute Gasteiger partial charge is 0.354 e. The van der Waals surface area contributed by atoms with E-state index < -0.39 is 0 Å². The first kappa shape index (κ1) is 11.2. The van der Waals surface area contributed by atoms with E-state index in [1.807, 2.05) is 25.7 Å². The molecule has 0 bridgehead atoms. The van der Waals surface area contributed by atoms with Crippen molar-refractivity contribution in [3.63, 3.8) is 0 Å². The Labute approximate surface area is 84.7 Å². The summed E-state index contributed by atoms with van der Waals surface area (Å²) >= 11 is 0. The predicted molar refractivity (Wildman–Crippen MR) is 53.9 cm³/mol. The second-order valence-corrected chi connectivity index (χ2v) is 4.73. The minimum Gasteiger partial charge on any atom is -0.354 e. The number of piperazine rings is 1. The molecule has 0 aliphatic carbocycles. The van der Waals surface area contributed by atoms with Crippen LogP contribution in [0.15, 0.2) is 0 Å². The summed E-state index contributed by atoms with van der Waals surface area (Å²) in [5, 5.41) is 2.73. The van der Waals surface area contributed by atoms with Crippen molar-refractivity contribution in [1.82, 2.24) is 10.2 Å². The summed E-state index contributed by atoms with van der Waals surface area (Å²) < 4.78 is 0. The molecule has 14 heavy (non-hydrogen) atoms. The summed E-state index contributed by atoms with van der Waals surface area (Å²) in [4.78, 5) is 24.6. The normalized spacial score (nSPS) is 19.2. The van der Waals surface area contributed by atoms with Crippen LogP contribution in [-0.4, -0.2) is 42.8 Å². The molecule has 80 valence electrons. The number of carbonyl (C=O) groups excluding carboxylic acids is 2. The second-order valence-electron chi connectivity index (χ2n) is 4.73. The zero-order valence-electron chi connectivity index (χ0n) is 9.09. The minimum absolute atomic E-state index is 0.0120. The first-order chi connectivity index (χ1) is 6.39. The second kappa shape index (κ2) is 4.09. The van der Waals surface area contributed by atoms with Crippen LogP contribution in [0.25, 0.3) is 0 Å². The first-order valence-corrected chi connectivity index (χ1v) is 4.92. The van der Waals surface area contributed by atoms with Gasteiger partial charge in [-0.05, 0) is 0 Å². The van der Waals surface area contributed by atoms with Crippen molar-refractivity contribution < 1.29 is 9.59 Å². The Balaban J connectivity index is 2.44.